The van der Waals surface area contributed by atoms with E-state index in [2.05, 4.69) is 5.32 Å². The van der Waals surface area contributed by atoms with Crippen molar-refractivity contribution in [2.75, 3.05) is 16.8 Å². The van der Waals surface area contributed by atoms with E-state index in [-0.39, 0.29) is 12.3 Å². The van der Waals surface area contributed by atoms with Crippen molar-refractivity contribution < 1.29 is 19.5 Å². The van der Waals surface area contributed by atoms with Gasteiger partial charge in [0.1, 0.15) is 0 Å². The number of benzene rings is 1. The lowest BCUT2D eigenvalue weighted by atomic mass is 10.0. The molecule has 0 saturated carbocycles. The Labute approximate surface area is 115 Å². The van der Waals surface area contributed by atoms with E-state index < -0.39 is 11.5 Å². The van der Waals surface area contributed by atoms with Crippen molar-refractivity contribution in [3.8, 4) is 0 Å². The number of hydrogen-bond acceptors (Lipinski definition) is 4. The van der Waals surface area contributed by atoms with Gasteiger partial charge in [0.2, 0.25) is 11.5 Å². The third-order valence-electron chi connectivity index (χ3n) is 3.82. The molecule has 2 aliphatic heterocycles. The van der Waals surface area contributed by atoms with Gasteiger partial charge in [0.25, 0.3) is 5.91 Å². The van der Waals surface area contributed by atoms with Crippen molar-refractivity contribution in [3.63, 3.8) is 0 Å². The number of hydrogen-bond donors (Lipinski definition) is 2. The topological polar surface area (TPSA) is 86.7 Å². The molecule has 1 saturated heterocycles. The number of aldehydes is 1. The summed E-state index contributed by atoms with van der Waals surface area (Å²) < 4.78 is 0. The second-order valence-electron chi connectivity index (χ2n) is 5.14. The molecule has 1 unspecified atom stereocenters. The molecule has 1 fully saturated rings. The monoisotopic (exact) mass is 274 g/mol. The lowest BCUT2D eigenvalue weighted by molar-refractivity contribution is -0.140. The van der Waals surface area contributed by atoms with Crippen LogP contribution in [-0.2, 0) is 20.8 Å². The highest BCUT2D eigenvalue weighted by Gasteiger charge is 2.45. The largest absolute Gasteiger partial charge is 0.373 e. The standard InChI is InChI=1S/C14H14N2O4/c17-8-14(20)5-6-16(13(14)19)10-2-3-11-9(7-10)1-4-12(18)15-11/h2-3,7-8,20H,1,4-6H2,(H,15,18). The fourth-order valence-corrected chi connectivity index (χ4v) is 2.62. The van der Waals surface area contributed by atoms with E-state index in [4.69, 9.17) is 0 Å². The van der Waals surface area contributed by atoms with Crippen molar-refractivity contribution >= 4 is 29.5 Å². The number of aryl methyl sites for hydroxylation is 1. The predicted molar refractivity (Wildman–Crippen MR) is 71.4 cm³/mol. The predicted octanol–water partition coefficient (Wildman–Crippen LogP) is 0.238. The van der Waals surface area contributed by atoms with E-state index in [0.29, 0.717) is 31.4 Å². The molecule has 6 heteroatoms. The molecule has 0 bridgehead atoms. The molecule has 0 radical (unpaired) electrons. The Kier molecular flexibility index (Phi) is 2.83. The Hall–Kier alpha value is -2.21. The molecule has 1 aromatic rings. The number of aliphatic hydroxyl groups is 1. The first-order chi connectivity index (χ1) is 9.53. The molecule has 2 aliphatic rings. The van der Waals surface area contributed by atoms with Gasteiger partial charge in [-0.25, -0.2) is 0 Å². The van der Waals surface area contributed by atoms with Crippen LogP contribution in [0, 0.1) is 0 Å². The fraction of sp³-hybridized carbons (Fsp3) is 0.357. The first-order valence-electron chi connectivity index (χ1n) is 6.47. The van der Waals surface area contributed by atoms with Gasteiger partial charge in [0.15, 0.2) is 6.29 Å². The summed E-state index contributed by atoms with van der Waals surface area (Å²) in [6, 6.07) is 5.27. The zero-order valence-electron chi connectivity index (χ0n) is 10.8. The highest BCUT2D eigenvalue weighted by Crippen LogP contribution is 2.31. The molecule has 3 rings (SSSR count). The minimum absolute atomic E-state index is 0.0159. The Morgan fingerprint density at radius 3 is 2.80 bits per heavy atom. The summed E-state index contributed by atoms with van der Waals surface area (Å²) in [5, 5.41) is 12.6. The van der Waals surface area contributed by atoms with E-state index in [1.807, 2.05) is 6.07 Å². The van der Waals surface area contributed by atoms with Gasteiger partial charge in [0.05, 0.1) is 0 Å². The van der Waals surface area contributed by atoms with Crippen LogP contribution >= 0.6 is 0 Å². The first kappa shape index (κ1) is 12.8. The summed E-state index contributed by atoms with van der Waals surface area (Å²) >= 11 is 0. The van der Waals surface area contributed by atoms with Crippen molar-refractivity contribution in [1.82, 2.24) is 0 Å². The molecule has 2 heterocycles. The number of amides is 2. The van der Waals surface area contributed by atoms with Gasteiger partial charge in [-0.2, -0.15) is 0 Å². The van der Waals surface area contributed by atoms with Gasteiger partial charge in [-0.15, -0.1) is 0 Å². The first-order valence-corrected chi connectivity index (χ1v) is 6.47. The van der Waals surface area contributed by atoms with Crippen molar-refractivity contribution in [2.24, 2.45) is 0 Å². The normalized spacial score (nSPS) is 25.4. The summed E-state index contributed by atoms with van der Waals surface area (Å²) in [4.78, 5) is 35.6. The van der Waals surface area contributed by atoms with E-state index >= 15 is 0 Å². The van der Waals surface area contributed by atoms with Crippen molar-refractivity contribution in [3.05, 3.63) is 23.8 Å². The molecule has 0 spiro atoms. The fourth-order valence-electron chi connectivity index (χ4n) is 2.62. The van der Waals surface area contributed by atoms with Crippen molar-refractivity contribution in [1.29, 1.82) is 0 Å². The van der Waals surface area contributed by atoms with Gasteiger partial charge >= 0.3 is 0 Å². The molecule has 6 nitrogen and oxygen atoms in total. The van der Waals surface area contributed by atoms with E-state index in [1.165, 1.54) is 4.90 Å². The third kappa shape index (κ3) is 1.89. The smallest absolute Gasteiger partial charge is 0.266 e. The van der Waals surface area contributed by atoms with E-state index in [1.54, 1.807) is 12.1 Å². The third-order valence-corrected chi connectivity index (χ3v) is 3.82. The lowest BCUT2D eigenvalue weighted by Gasteiger charge is -2.22. The summed E-state index contributed by atoms with van der Waals surface area (Å²) in [5.74, 6) is -0.606. The van der Waals surface area contributed by atoms with Crippen molar-refractivity contribution in [2.45, 2.75) is 24.9 Å². The summed E-state index contributed by atoms with van der Waals surface area (Å²) in [5.41, 5.74) is 0.450. The number of carbonyl (C=O) groups excluding carboxylic acids is 3. The average molecular weight is 274 g/mol. The molecule has 1 aromatic carbocycles. The maximum absolute atomic E-state index is 12.1. The molecule has 2 N–H and O–H groups in total. The number of fused-ring (bicyclic) bond motifs is 1. The number of nitrogens with zero attached hydrogens (tertiary/aromatic N) is 1. The summed E-state index contributed by atoms with van der Waals surface area (Å²) in [6.45, 7) is 0.305. The molecule has 0 aliphatic carbocycles. The second kappa shape index (κ2) is 4.42. The number of anilines is 2. The van der Waals surface area contributed by atoms with Crippen LogP contribution in [0.5, 0.6) is 0 Å². The Balaban J connectivity index is 1.91. The second-order valence-corrected chi connectivity index (χ2v) is 5.14. The van der Waals surface area contributed by atoms with Gasteiger partial charge < -0.3 is 15.3 Å². The molecule has 1 atom stereocenters. The maximum atomic E-state index is 12.1. The van der Waals surface area contributed by atoms with Crippen LogP contribution in [0.15, 0.2) is 18.2 Å². The van der Waals surface area contributed by atoms with Crippen LogP contribution in [0.4, 0.5) is 11.4 Å². The van der Waals surface area contributed by atoms with Gasteiger partial charge in [-0.1, -0.05) is 0 Å². The number of carbonyl (C=O) groups is 3. The summed E-state index contributed by atoms with van der Waals surface area (Å²) in [6.07, 6.45) is 1.44. The molecular weight excluding hydrogens is 260 g/mol. The Bertz CT molecular complexity index is 613. The number of nitrogens with one attached hydrogen (secondary N) is 1. The average Bonchev–Trinajstić information content (AvgIpc) is 2.75. The quantitative estimate of drug-likeness (QED) is 0.597. The van der Waals surface area contributed by atoms with Gasteiger partial charge in [-0.3, -0.25) is 14.4 Å². The Morgan fingerprint density at radius 1 is 1.30 bits per heavy atom. The zero-order chi connectivity index (χ0) is 14.3. The van der Waals surface area contributed by atoms with Crippen LogP contribution in [0.2, 0.25) is 0 Å². The van der Waals surface area contributed by atoms with Gasteiger partial charge in [0, 0.05) is 30.8 Å². The lowest BCUT2D eigenvalue weighted by Crippen LogP contribution is -2.41. The molecule has 0 aromatic heterocycles. The molecule has 104 valence electrons. The van der Waals surface area contributed by atoms with Crippen LogP contribution in [0.1, 0.15) is 18.4 Å². The maximum Gasteiger partial charge on any atom is 0.266 e. The van der Waals surface area contributed by atoms with Gasteiger partial charge in [-0.05, 0) is 30.2 Å². The highest BCUT2D eigenvalue weighted by molar-refractivity contribution is 6.11. The summed E-state index contributed by atoms with van der Waals surface area (Å²) in [7, 11) is 0. The molecule has 20 heavy (non-hydrogen) atoms. The van der Waals surface area contributed by atoms with Crippen LogP contribution in [0.3, 0.4) is 0 Å². The van der Waals surface area contributed by atoms with E-state index in [9.17, 15) is 19.5 Å². The van der Waals surface area contributed by atoms with Crippen LogP contribution in [0.25, 0.3) is 0 Å². The molecular formula is C14H14N2O4. The number of rotatable bonds is 2. The van der Waals surface area contributed by atoms with Crippen LogP contribution < -0.4 is 10.2 Å². The minimum atomic E-state index is -1.90. The Morgan fingerprint density at radius 2 is 2.10 bits per heavy atom. The van der Waals surface area contributed by atoms with E-state index in [0.717, 1.165) is 11.3 Å². The SMILES string of the molecule is O=CC1(O)CCN(c2ccc3c(c2)CCC(=O)N3)C1=O. The highest BCUT2D eigenvalue weighted by atomic mass is 16.3. The minimum Gasteiger partial charge on any atom is -0.373 e. The van der Waals surface area contributed by atoms with Crippen LogP contribution in [-0.4, -0.2) is 35.4 Å². The molecule has 2 amide bonds. The zero-order valence-corrected chi connectivity index (χ0v) is 10.8.